The fraction of sp³-hybridized carbons (Fsp3) is 0.435. The highest BCUT2D eigenvalue weighted by Gasteiger charge is 2.17. The molecule has 0 amide bonds. The first-order valence-electron chi connectivity index (χ1n) is 10.3. The van der Waals surface area contributed by atoms with Crippen LogP contribution >= 0.6 is 0 Å². The zero-order chi connectivity index (χ0) is 22.9. The Balaban J connectivity index is 1.96. The zero-order valence-corrected chi connectivity index (χ0v) is 18.8. The summed E-state index contributed by atoms with van der Waals surface area (Å²) < 4.78 is 36.2. The quantitative estimate of drug-likeness (QED) is 0.355. The molecule has 0 aliphatic heterocycles. The van der Waals surface area contributed by atoms with E-state index in [1.165, 1.54) is 25.1 Å². The smallest absolute Gasteiger partial charge is 0.178 e. The van der Waals surface area contributed by atoms with Crippen LogP contribution in [0.1, 0.15) is 49.0 Å². The Morgan fingerprint density at radius 2 is 1.68 bits per heavy atom. The van der Waals surface area contributed by atoms with Crippen molar-refractivity contribution in [2.24, 2.45) is 0 Å². The number of benzene rings is 2. The van der Waals surface area contributed by atoms with Gasteiger partial charge in [-0.25, -0.2) is 8.42 Å². The van der Waals surface area contributed by atoms with E-state index in [4.69, 9.17) is 14.6 Å². The molecule has 2 rings (SSSR count). The molecule has 0 saturated carbocycles. The van der Waals surface area contributed by atoms with Crippen LogP contribution in [0.3, 0.4) is 0 Å². The maximum absolute atomic E-state index is 12.6. The Bertz CT molecular complexity index is 966. The minimum Gasteiger partial charge on any atom is -0.507 e. The molecule has 0 radical (unpaired) electrons. The number of Topliss-reactive ketones (excluding diaryl/α,β-unsaturated/α-hetero) is 1. The molecule has 170 valence electrons. The molecule has 0 spiro atoms. The summed E-state index contributed by atoms with van der Waals surface area (Å²) in [4.78, 5) is 11.8. The number of aromatic hydroxyl groups is 1. The van der Waals surface area contributed by atoms with Gasteiger partial charge in [-0.05, 0) is 56.2 Å². The highest BCUT2D eigenvalue weighted by molar-refractivity contribution is 7.91. The Kier molecular flexibility index (Phi) is 9.33. The molecule has 31 heavy (non-hydrogen) atoms. The van der Waals surface area contributed by atoms with Crippen LogP contribution in [-0.2, 0) is 16.3 Å². The third-order valence-electron chi connectivity index (χ3n) is 4.69. The van der Waals surface area contributed by atoms with Gasteiger partial charge in [0.15, 0.2) is 15.6 Å². The molecule has 0 atom stereocenters. The number of ether oxygens (including phenoxy) is 2. The second kappa shape index (κ2) is 11.7. The minimum atomic E-state index is -3.47. The number of carbonyl (C=O) groups is 1. The van der Waals surface area contributed by atoms with Gasteiger partial charge in [0, 0.05) is 18.6 Å². The van der Waals surface area contributed by atoms with E-state index in [2.05, 4.69) is 0 Å². The van der Waals surface area contributed by atoms with Gasteiger partial charge in [-0.3, -0.25) is 4.79 Å². The van der Waals surface area contributed by atoms with Crippen LogP contribution in [0.4, 0.5) is 0 Å². The third kappa shape index (κ3) is 6.97. The van der Waals surface area contributed by atoms with E-state index in [1.54, 1.807) is 18.2 Å². The van der Waals surface area contributed by atoms with Crippen LogP contribution in [0, 0.1) is 0 Å². The summed E-state index contributed by atoms with van der Waals surface area (Å²) in [6.07, 6.45) is 2.10. The van der Waals surface area contributed by atoms with E-state index in [0.29, 0.717) is 36.5 Å². The maximum Gasteiger partial charge on any atom is 0.178 e. The normalized spacial score (nSPS) is 11.3. The number of aliphatic hydroxyl groups is 1. The lowest BCUT2D eigenvalue weighted by Crippen LogP contribution is -2.11. The molecular weight excluding hydrogens is 420 g/mol. The summed E-state index contributed by atoms with van der Waals surface area (Å²) in [6, 6.07) is 9.36. The van der Waals surface area contributed by atoms with E-state index in [0.717, 1.165) is 6.42 Å². The first kappa shape index (κ1) is 24.7. The monoisotopic (exact) mass is 450 g/mol. The number of carbonyl (C=O) groups excluding carboxylic acids is 1. The summed E-state index contributed by atoms with van der Waals surface area (Å²) in [6.45, 7) is 3.91. The summed E-state index contributed by atoms with van der Waals surface area (Å²) >= 11 is 0. The standard InChI is InChI=1S/C23H30O7S/c1-3-6-21-22(12-11-20(17(2)25)23(21)26)30-15-5-16-31(27,28)19-9-7-18(8-10-19)29-14-4-13-24/h7-12,24,26H,3-6,13-16H2,1-2H3. The van der Waals surface area contributed by atoms with Gasteiger partial charge in [-0.15, -0.1) is 0 Å². The van der Waals surface area contributed by atoms with E-state index < -0.39 is 9.84 Å². The predicted octanol–water partition coefficient (Wildman–Crippen LogP) is 3.55. The van der Waals surface area contributed by atoms with Crippen LogP contribution < -0.4 is 9.47 Å². The largest absolute Gasteiger partial charge is 0.507 e. The summed E-state index contributed by atoms with van der Waals surface area (Å²) in [5.74, 6) is 0.635. The van der Waals surface area contributed by atoms with E-state index in [1.807, 2.05) is 6.92 Å². The Morgan fingerprint density at radius 1 is 1.00 bits per heavy atom. The second-order valence-electron chi connectivity index (χ2n) is 7.16. The Labute approximate surface area is 183 Å². The van der Waals surface area contributed by atoms with E-state index in [9.17, 15) is 18.3 Å². The molecule has 7 nitrogen and oxygen atoms in total. The molecule has 2 N–H and O–H groups in total. The van der Waals surface area contributed by atoms with Crippen LogP contribution in [-0.4, -0.2) is 50.0 Å². The number of ketones is 1. The molecule has 8 heteroatoms. The van der Waals surface area contributed by atoms with Gasteiger partial charge in [-0.1, -0.05) is 13.3 Å². The molecular formula is C23H30O7S. The lowest BCUT2D eigenvalue weighted by atomic mass is 10.0. The van der Waals surface area contributed by atoms with E-state index >= 15 is 0 Å². The molecule has 0 bridgehead atoms. The van der Waals surface area contributed by atoms with Gasteiger partial charge < -0.3 is 19.7 Å². The number of sulfone groups is 1. The summed E-state index contributed by atoms with van der Waals surface area (Å²) in [5.41, 5.74) is 0.817. The maximum atomic E-state index is 12.6. The number of rotatable bonds is 13. The van der Waals surface area contributed by atoms with Crippen LogP contribution in [0.25, 0.3) is 0 Å². The van der Waals surface area contributed by atoms with Crippen LogP contribution in [0.15, 0.2) is 41.3 Å². The summed E-state index contributed by atoms with van der Waals surface area (Å²) in [5, 5.41) is 19.1. The molecule has 0 heterocycles. The first-order chi connectivity index (χ1) is 14.8. The zero-order valence-electron chi connectivity index (χ0n) is 18.0. The Morgan fingerprint density at radius 3 is 2.29 bits per heavy atom. The number of phenols is 1. The molecule has 0 saturated heterocycles. The van der Waals surface area contributed by atoms with Gasteiger partial charge in [-0.2, -0.15) is 0 Å². The van der Waals surface area contributed by atoms with Gasteiger partial charge in [0.05, 0.1) is 29.4 Å². The second-order valence-corrected chi connectivity index (χ2v) is 9.27. The van der Waals surface area contributed by atoms with Crippen molar-refractivity contribution in [2.75, 3.05) is 25.6 Å². The number of phenolic OH excluding ortho intramolecular Hbond substituents is 1. The molecule has 2 aromatic carbocycles. The van der Waals surface area contributed by atoms with Crippen LogP contribution in [0.2, 0.25) is 0 Å². The van der Waals surface area contributed by atoms with E-state index in [-0.39, 0.29) is 47.4 Å². The molecule has 0 aliphatic rings. The molecule has 0 aliphatic carbocycles. The lowest BCUT2D eigenvalue weighted by molar-refractivity contribution is 0.101. The molecule has 0 aromatic heterocycles. The number of hydrogen-bond acceptors (Lipinski definition) is 7. The van der Waals surface area contributed by atoms with Crippen molar-refractivity contribution >= 4 is 15.6 Å². The molecule has 2 aromatic rings. The molecule has 0 unspecified atom stereocenters. The number of aliphatic hydroxyl groups excluding tert-OH is 1. The fourth-order valence-electron chi connectivity index (χ4n) is 3.08. The van der Waals surface area contributed by atoms with Crippen molar-refractivity contribution < 1.29 is 32.9 Å². The van der Waals surface area contributed by atoms with Crippen molar-refractivity contribution in [3.05, 3.63) is 47.5 Å². The SMILES string of the molecule is CCCc1c(OCCCS(=O)(=O)c2ccc(OCCCO)cc2)ccc(C(C)=O)c1O. The minimum absolute atomic E-state index is 0.0367. The topological polar surface area (TPSA) is 110 Å². The van der Waals surface area contributed by atoms with Crippen molar-refractivity contribution in [2.45, 2.75) is 44.4 Å². The third-order valence-corrected chi connectivity index (χ3v) is 6.50. The highest BCUT2D eigenvalue weighted by Crippen LogP contribution is 2.33. The average molecular weight is 451 g/mol. The predicted molar refractivity (Wildman–Crippen MR) is 118 cm³/mol. The van der Waals surface area contributed by atoms with Crippen LogP contribution in [0.5, 0.6) is 17.2 Å². The van der Waals surface area contributed by atoms with Crippen molar-refractivity contribution in [3.8, 4) is 17.2 Å². The Hall–Kier alpha value is -2.58. The van der Waals surface area contributed by atoms with Crippen molar-refractivity contribution in [3.63, 3.8) is 0 Å². The van der Waals surface area contributed by atoms with Gasteiger partial charge in [0.1, 0.15) is 17.2 Å². The van der Waals surface area contributed by atoms with Gasteiger partial charge >= 0.3 is 0 Å². The number of hydrogen-bond donors (Lipinski definition) is 2. The fourth-order valence-corrected chi connectivity index (χ4v) is 4.36. The average Bonchev–Trinajstić information content (AvgIpc) is 2.74. The van der Waals surface area contributed by atoms with Gasteiger partial charge in [0.25, 0.3) is 0 Å². The van der Waals surface area contributed by atoms with Crippen molar-refractivity contribution in [1.82, 2.24) is 0 Å². The lowest BCUT2D eigenvalue weighted by Gasteiger charge is -2.14. The summed E-state index contributed by atoms with van der Waals surface area (Å²) in [7, 11) is -3.47. The first-order valence-corrected chi connectivity index (χ1v) is 12.0. The highest BCUT2D eigenvalue weighted by atomic mass is 32.2. The van der Waals surface area contributed by atoms with Gasteiger partial charge in [0.2, 0.25) is 0 Å². The van der Waals surface area contributed by atoms with Crippen molar-refractivity contribution in [1.29, 1.82) is 0 Å². The molecule has 0 fully saturated rings.